The van der Waals surface area contributed by atoms with E-state index < -0.39 is 0 Å². The second-order valence-electron chi connectivity index (χ2n) is 3.43. The van der Waals surface area contributed by atoms with E-state index in [-0.39, 0.29) is 6.03 Å². The molecular formula is C12H11BrN4O. The number of carbonyl (C=O) groups excluding carboxylic acids is 1. The number of para-hydroxylation sites is 1. The van der Waals surface area contributed by atoms with Crippen LogP contribution in [0, 0.1) is 0 Å². The molecule has 2 aromatic rings. The fourth-order valence-electron chi connectivity index (χ4n) is 1.28. The minimum Gasteiger partial charge on any atom is -0.307 e. The van der Waals surface area contributed by atoms with Gasteiger partial charge in [-0.05, 0) is 24.3 Å². The Bertz CT molecular complexity index is 533. The number of carbonyl (C=O) groups is 1. The third kappa shape index (κ3) is 3.74. The highest BCUT2D eigenvalue weighted by Crippen LogP contribution is 2.11. The monoisotopic (exact) mass is 306 g/mol. The van der Waals surface area contributed by atoms with Crippen LogP contribution in [0.1, 0.15) is 0 Å². The average Bonchev–Trinajstić information content (AvgIpc) is 2.38. The van der Waals surface area contributed by atoms with Crippen molar-refractivity contribution in [1.82, 2.24) is 10.4 Å². The first kappa shape index (κ1) is 12.4. The summed E-state index contributed by atoms with van der Waals surface area (Å²) in [6.07, 6.45) is 1.63. The van der Waals surface area contributed by atoms with E-state index in [1.807, 2.05) is 18.2 Å². The van der Waals surface area contributed by atoms with Gasteiger partial charge in [0.2, 0.25) is 0 Å². The fourth-order valence-corrected chi connectivity index (χ4v) is 1.61. The number of anilines is 2. The quantitative estimate of drug-likeness (QED) is 0.764. The molecule has 1 aromatic heterocycles. The molecule has 6 heteroatoms. The molecule has 2 rings (SSSR count). The Hall–Kier alpha value is -2.08. The number of halogens is 1. The van der Waals surface area contributed by atoms with Gasteiger partial charge in [0.1, 0.15) is 5.82 Å². The third-order valence-corrected chi connectivity index (χ3v) is 2.55. The molecule has 0 fully saturated rings. The van der Waals surface area contributed by atoms with Crippen LogP contribution in [-0.2, 0) is 0 Å². The molecule has 92 valence electrons. The molecule has 1 heterocycles. The van der Waals surface area contributed by atoms with Crippen molar-refractivity contribution in [2.75, 3.05) is 10.7 Å². The summed E-state index contributed by atoms with van der Waals surface area (Å²) in [6.45, 7) is 0. The van der Waals surface area contributed by atoms with Crippen molar-refractivity contribution < 1.29 is 4.79 Å². The summed E-state index contributed by atoms with van der Waals surface area (Å²) in [6, 6.07) is 12.4. The average molecular weight is 307 g/mol. The second-order valence-corrected chi connectivity index (χ2v) is 4.35. The first-order chi connectivity index (χ1) is 8.74. The maximum atomic E-state index is 11.5. The molecule has 0 saturated carbocycles. The van der Waals surface area contributed by atoms with Gasteiger partial charge in [0, 0.05) is 16.4 Å². The number of urea groups is 1. The SMILES string of the molecule is O=C(NNc1cc(Br)ccn1)Nc1ccccc1. The minimum absolute atomic E-state index is 0.358. The molecule has 2 amide bonds. The van der Waals surface area contributed by atoms with Crippen LogP contribution in [0.5, 0.6) is 0 Å². The first-order valence-electron chi connectivity index (χ1n) is 5.23. The molecule has 0 atom stereocenters. The number of hydrazine groups is 1. The second kappa shape index (κ2) is 6.02. The minimum atomic E-state index is -0.358. The van der Waals surface area contributed by atoms with E-state index in [1.54, 1.807) is 30.5 Å². The Morgan fingerprint density at radius 3 is 2.67 bits per heavy atom. The predicted octanol–water partition coefficient (Wildman–Crippen LogP) is 2.99. The van der Waals surface area contributed by atoms with Gasteiger partial charge in [-0.2, -0.15) is 0 Å². The summed E-state index contributed by atoms with van der Waals surface area (Å²) in [5, 5.41) is 2.67. The van der Waals surface area contributed by atoms with Gasteiger partial charge in [-0.3, -0.25) is 10.9 Å². The number of rotatable bonds is 3. The van der Waals surface area contributed by atoms with Gasteiger partial charge in [-0.15, -0.1) is 0 Å². The zero-order valence-electron chi connectivity index (χ0n) is 9.35. The molecule has 3 N–H and O–H groups in total. The number of hydrogen-bond donors (Lipinski definition) is 3. The van der Waals surface area contributed by atoms with Gasteiger partial charge in [0.05, 0.1) is 0 Å². The maximum Gasteiger partial charge on any atom is 0.337 e. The summed E-state index contributed by atoms with van der Waals surface area (Å²) in [5.74, 6) is 0.549. The number of hydrogen-bond acceptors (Lipinski definition) is 3. The summed E-state index contributed by atoms with van der Waals surface area (Å²) < 4.78 is 0.880. The molecule has 0 aliphatic rings. The Balaban J connectivity index is 1.85. The predicted molar refractivity (Wildman–Crippen MR) is 74.2 cm³/mol. The Morgan fingerprint density at radius 2 is 1.94 bits per heavy atom. The van der Waals surface area contributed by atoms with E-state index >= 15 is 0 Å². The van der Waals surface area contributed by atoms with Crippen LogP contribution in [0.2, 0.25) is 0 Å². The Kier molecular flexibility index (Phi) is 4.14. The van der Waals surface area contributed by atoms with Crippen molar-refractivity contribution in [2.24, 2.45) is 0 Å². The lowest BCUT2D eigenvalue weighted by atomic mass is 10.3. The van der Waals surface area contributed by atoms with Gasteiger partial charge in [-0.1, -0.05) is 34.1 Å². The van der Waals surface area contributed by atoms with E-state index in [1.165, 1.54) is 0 Å². The van der Waals surface area contributed by atoms with Crippen molar-refractivity contribution in [1.29, 1.82) is 0 Å². The lowest BCUT2D eigenvalue weighted by molar-refractivity contribution is 0.254. The van der Waals surface area contributed by atoms with Gasteiger partial charge >= 0.3 is 6.03 Å². The fraction of sp³-hybridized carbons (Fsp3) is 0. The smallest absolute Gasteiger partial charge is 0.307 e. The molecule has 0 saturated heterocycles. The first-order valence-corrected chi connectivity index (χ1v) is 6.03. The highest BCUT2D eigenvalue weighted by molar-refractivity contribution is 9.10. The van der Waals surface area contributed by atoms with E-state index in [0.29, 0.717) is 5.82 Å². The van der Waals surface area contributed by atoms with Crippen molar-refractivity contribution in [2.45, 2.75) is 0 Å². The normalized spacial score (nSPS) is 9.61. The van der Waals surface area contributed by atoms with E-state index in [2.05, 4.69) is 37.1 Å². The van der Waals surface area contributed by atoms with Crippen molar-refractivity contribution in [3.05, 3.63) is 53.1 Å². The van der Waals surface area contributed by atoms with E-state index in [9.17, 15) is 4.79 Å². The highest BCUT2D eigenvalue weighted by atomic mass is 79.9. The molecule has 0 radical (unpaired) electrons. The summed E-state index contributed by atoms with van der Waals surface area (Å²) in [5.41, 5.74) is 5.91. The number of benzene rings is 1. The van der Waals surface area contributed by atoms with Gasteiger partial charge in [0.15, 0.2) is 0 Å². The van der Waals surface area contributed by atoms with Crippen molar-refractivity contribution in [3.8, 4) is 0 Å². The van der Waals surface area contributed by atoms with Crippen molar-refractivity contribution in [3.63, 3.8) is 0 Å². The molecule has 0 bridgehead atoms. The Labute approximate surface area is 113 Å². The van der Waals surface area contributed by atoms with Crippen LogP contribution < -0.4 is 16.2 Å². The number of nitrogens with zero attached hydrogens (tertiary/aromatic N) is 1. The van der Waals surface area contributed by atoms with Crippen molar-refractivity contribution >= 4 is 33.5 Å². The van der Waals surface area contributed by atoms with Crippen LogP contribution >= 0.6 is 15.9 Å². The molecule has 0 aliphatic carbocycles. The maximum absolute atomic E-state index is 11.5. The highest BCUT2D eigenvalue weighted by Gasteiger charge is 2.00. The molecule has 0 unspecified atom stereocenters. The Morgan fingerprint density at radius 1 is 1.17 bits per heavy atom. The molecule has 1 aromatic carbocycles. The number of pyridine rings is 1. The topological polar surface area (TPSA) is 66.0 Å². The standard InChI is InChI=1S/C12H11BrN4O/c13-9-6-7-14-11(8-9)16-17-12(18)15-10-4-2-1-3-5-10/h1-8H,(H,14,16)(H2,15,17,18). The van der Waals surface area contributed by atoms with Gasteiger partial charge in [-0.25, -0.2) is 9.78 Å². The zero-order chi connectivity index (χ0) is 12.8. The van der Waals surface area contributed by atoms with Crippen LogP contribution in [-0.4, -0.2) is 11.0 Å². The van der Waals surface area contributed by atoms with Gasteiger partial charge < -0.3 is 5.32 Å². The molecule has 5 nitrogen and oxygen atoms in total. The van der Waals surface area contributed by atoms with Crippen LogP contribution in [0.15, 0.2) is 53.1 Å². The number of amides is 2. The molecule has 0 aliphatic heterocycles. The van der Waals surface area contributed by atoms with Crippen LogP contribution in [0.3, 0.4) is 0 Å². The third-order valence-electron chi connectivity index (χ3n) is 2.06. The number of nitrogens with one attached hydrogen (secondary N) is 3. The molecular weight excluding hydrogens is 296 g/mol. The summed E-state index contributed by atoms with van der Waals surface area (Å²) in [4.78, 5) is 15.6. The zero-order valence-corrected chi connectivity index (χ0v) is 10.9. The lowest BCUT2D eigenvalue weighted by Crippen LogP contribution is -2.33. The van der Waals surface area contributed by atoms with Crippen LogP contribution in [0.4, 0.5) is 16.3 Å². The number of aromatic nitrogens is 1. The molecule has 18 heavy (non-hydrogen) atoms. The molecule has 0 spiro atoms. The van der Waals surface area contributed by atoms with E-state index in [0.717, 1.165) is 10.2 Å². The van der Waals surface area contributed by atoms with E-state index in [4.69, 9.17) is 0 Å². The van der Waals surface area contributed by atoms with Gasteiger partial charge in [0.25, 0.3) is 0 Å². The lowest BCUT2D eigenvalue weighted by Gasteiger charge is -2.09. The largest absolute Gasteiger partial charge is 0.337 e. The summed E-state index contributed by atoms with van der Waals surface area (Å²) >= 11 is 3.31. The van der Waals surface area contributed by atoms with Crippen LogP contribution in [0.25, 0.3) is 0 Å². The summed E-state index contributed by atoms with van der Waals surface area (Å²) in [7, 11) is 0.